The van der Waals surface area contributed by atoms with Gasteiger partial charge in [0.2, 0.25) is 0 Å². The molecule has 0 unspecified atom stereocenters. The topological polar surface area (TPSA) is 12.0 Å². The second-order valence-corrected chi connectivity index (χ2v) is 2.63. The molecule has 1 heterocycles. The van der Waals surface area contributed by atoms with Gasteiger partial charge in [-0.2, -0.15) is 0 Å². The Labute approximate surface area is 56.5 Å². The Kier molecular flexibility index (Phi) is 2.06. The van der Waals surface area contributed by atoms with E-state index in [1.54, 1.807) is 0 Å². The molecule has 0 spiro atoms. The van der Waals surface area contributed by atoms with Crippen LogP contribution in [0.25, 0.3) is 0 Å². The Morgan fingerprint density at radius 2 is 2.44 bits per heavy atom. The fourth-order valence-corrected chi connectivity index (χ4v) is 0.973. The minimum absolute atomic E-state index is 1.04. The lowest BCUT2D eigenvalue weighted by molar-refractivity contribution is 0.881. The third-order valence-electron chi connectivity index (χ3n) is 1.31. The third kappa shape index (κ3) is 2.02. The summed E-state index contributed by atoms with van der Waals surface area (Å²) in [6.07, 6.45) is 4.45. The van der Waals surface area contributed by atoms with Gasteiger partial charge in [-0.3, -0.25) is 0 Å². The monoisotopic (exact) mass is 123 g/mol. The van der Waals surface area contributed by atoms with Gasteiger partial charge in [0.25, 0.3) is 0 Å². The van der Waals surface area contributed by atoms with Gasteiger partial charge in [0.05, 0.1) is 0 Å². The fraction of sp³-hybridized carbons (Fsp3) is 0.500. The highest BCUT2D eigenvalue weighted by Crippen LogP contribution is 2.03. The molecule has 0 amide bonds. The second-order valence-electron chi connectivity index (χ2n) is 2.63. The molecule has 0 radical (unpaired) electrons. The van der Waals surface area contributed by atoms with E-state index in [1.807, 2.05) is 0 Å². The molecular weight excluding hydrogens is 110 g/mol. The van der Waals surface area contributed by atoms with E-state index in [2.05, 4.69) is 31.3 Å². The highest BCUT2D eigenvalue weighted by Gasteiger charge is 1.97. The lowest BCUT2D eigenvalue weighted by Crippen LogP contribution is -2.07. The number of hydrogen-bond acceptors (Lipinski definition) is 1. The summed E-state index contributed by atoms with van der Waals surface area (Å²) >= 11 is 0. The van der Waals surface area contributed by atoms with Gasteiger partial charge in [-0.25, -0.2) is 0 Å². The molecule has 1 nitrogen and oxygen atoms in total. The highest BCUT2D eigenvalue weighted by atomic mass is 14.9. The van der Waals surface area contributed by atoms with E-state index in [-0.39, 0.29) is 0 Å². The molecule has 0 aromatic heterocycles. The first-order valence-electron chi connectivity index (χ1n) is 3.33. The zero-order valence-corrected chi connectivity index (χ0v) is 6.07. The van der Waals surface area contributed by atoms with Gasteiger partial charge in [-0.1, -0.05) is 17.7 Å². The summed E-state index contributed by atoms with van der Waals surface area (Å²) < 4.78 is 0. The van der Waals surface area contributed by atoms with Crippen molar-refractivity contribution in [3.63, 3.8) is 0 Å². The normalized spacial score (nSPS) is 17.3. The van der Waals surface area contributed by atoms with E-state index in [9.17, 15) is 0 Å². The molecular formula is C8H13N. The maximum absolute atomic E-state index is 3.24. The van der Waals surface area contributed by atoms with Gasteiger partial charge in [0.15, 0.2) is 0 Å². The summed E-state index contributed by atoms with van der Waals surface area (Å²) in [5.74, 6) is 0. The quantitative estimate of drug-likeness (QED) is 0.557. The maximum atomic E-state index is 3.24. The van der Waals surface area contributed by atoms with E-state index in [0.29, 0.717) is 0 Å². The van der Waals surface area contributed by atoms with Crippen LogP contribution < -0.4 is 5.32 Å². The molecule has 0 saturated carbocycles. The van der Waals surface area contributed by atoms with Crippen LogP contribution in [0.4, 0.5) is 0 Å². The fourth-order valence-electron chi connectivity index (χ4n) is 0.973. The van der Waals surface area contributed by atoms with Gasteiger partial charge in [-0.05, 0) is 19.4 Å². The van der Waals surface area contributed by atoms with Crippen LogP contribution in [0.2, 0.25) is 0 Å². The Morgan fingerprint density at radius 1 is 1.67 bits per heavy atom. The van der Waals surface area contributed by atoms with E-state index in [0.717, 1.165) is 13.1 Å². The van der Waals surface area contributed by atoms with Crippen LogP contribution in [0, 0.1) is 0 Å². The first kappa shape index (κ1) is 6.56. The lowest BCUT2D eigenvalue weighted by atomic mass is 10.2. The van der Waals surface area contributed by atoms with Crippen LogP contribution >= 0.6 is 0 Å². The molecule has 1 N–H and O–H groups in total. The molecule has 0 fully saturated rings. The molecule has 1 aliphatic heterocycles. The predicted octanol–water partition coefficient (Wildman–Crippen LogP) is 1.48. The van der Waals surface area contributed by atoms with Crippen molar-refractivity contribution in [1.29, 1.82) is 0 Å². The van der Waals surface area contributed by atoms with Gasteiger partial charge >= 0.3 is 0 Å². The summed E-state index contributed by atoms with van der Waals surface area (Å²) in [5, 5.41) is 3.24. The van der Waals surface area contributed by atoms with Crippen molar-refractivity contribution in [3.05, 3.63) is 23.3 Å². The molecule has 0 aliphatic carbocycles. The van der Waals surface area contributed by atoms with Crippen molar-refractivity contribution in [1.82, 2.24) is 5.32 Å². The molecule has 9 heavy (non-hydrogen) atoms. The average molecular weight is 123 g/mol. The minimum Gasteiger partial charge on any atom is -0.309 e. The van der Waals surface area contributed by atoms with Crippen LogP contribution in [0.15, 0.2) is 23.3 Å². The van der Waals surface area contributed by atoms with Crippen molar-refractivity contribution in [3.8, 4) is 0 Å². The smallest absolute Gasteiger partial charge is 0.0205 e. The number of nitrogens with one attached hydrogen (secondary N) is 1. The molecule has 50 valence electrons. The SMILES string of the molecule is CC(C)=CC1=CCNC1. The minimum atomic E-state index is 1.04. The molecule has 1 rings (SSSR count). The summed E-state index contributed by atoms with van der Waals surface area (Å²) in [5.41, 5.74) is 2.81. The highest BCUT2D eigenvalue weighted by molar-refractivity contribution is 5.26. The molecule has 0 aromatic rings. The molecule has 0 bridgehead atoms. The van der Waals surface area contributed by atoms with Gasteiger partial charge < -0.3 is 5.32 Å². The zero-order chi connectivity index (χ0) is 6.69. The Balaban J connectivity index is 2.53. The van der Waals surface area contributed by atoms with Gasteiger partial charge in [0, 0.05) is 13.1 Å². The first-order chi connectivity index (χ1) is 4.29. The van der Waals surface area contributed by atoms with Crippen molar-refractivity contribution >= 4 is 0 Å². The third-order valence-corrected chi connectivity index (χ3v) is 1.31. The van der Waals surface area contributed by atoms with Crippen LogP contribution in [0.3, 0.4) is 0 Å². The van der Waals surface area contributed by atoms with Crippen LogP contribution in [-0.2, 0) is 0 Å². The number of allylic oxidation sites excluding steroid dienone is 1. The second kappa shape index (κ2) is 2.83. The largest absolute Gasteiger partial charge is 0.309 e. The van der Waals surface area contributed by atoms with E-state index in [4.69, 9.17) is 0 Å². The Bertz CT molecular complexity index is 150. The lowest BCUT2D eigenvalue weighted by Gasteiger charge is -1.91. The van der Waals surface area contributed by atoms with Crippen LogP contribution in [-0.4, -0.2) is 13.1 Å². The number of hydrogen-bond donors (Lipinski definition) is 1. The predicted molar refractivity (Wildman–Crippen MR) is 40.4 cm³/mol. The standard InChI is InChI=1S/C8H13N/c1-7(2)5-8-3-4-9-6-8/h3,5,9H,4,6H2,1-2H3. The summed E-state index contributed by atoms with van der Waals surface area (Å²) in [6.45, 7) is 6.34. The van der Waals surface area contributed by atoms with Crippen molar-refractivity contribution in [2.75, 3.05) is 13.1 Å². The van der Waals surface area contributed by atoms with Crippen LogP contribution in [0.1, 0.15) is 13.8 Å². The van der Waals surface area contributed by atoms with Crippen molar-refractivity contribution in [2.45, 2.75) is 13.8 Å². The Morgan fingerprint density at radius 3 is 2.89 bits per heavy atom. The van der Waals surface area contributed by atoms with Crippen molar-refractivity contribution in [2.24, 2.45) is 0 Å². The molecule has 0 saturated heterocycles. The summed E-state index contributed by atoms with van der Waals surface area (Å²) in [6, 6.07) is 0. The van der Waals surface area contributed by atoms with Gasteiger partial charge in [-0.15, -0.1) is 0 Å². The maximum Gasteiger partial charge on any atom is 0.0205 e. The van der Waals surface area contributed by atoms with E-state index >= 15 is 0 Å². The van der Waals surface area contributed by atoms with Gasteiger partial charge in [0.1, 0.15) is 0 Å². The first-order valence-corrected chi connectivity index (χ1v) is 3.33. The summed E-state index contributed by atoms with van der Waals surface area (Å²) in [4.78, 5) is 0. The zero-order valence-electron chi connectivity index (χ0n) is 6.07. The van der Waals surface area contributed by atoms with Crippen molar-refractivity contribution < 1.29 is 0 Å². The van der Waals surface area contributed by atoms with E-state index in [1.165, 1.54) is 11.1 Å². The molecule has 0 atom stereocenters. The average Bonchev–Trinajstić information content (AvgIpc) is 2.15. The Hall–Kier alpha value is -0.560. The number of rotatable bonds is 1. The summed E-state index contributed by atoms with van der Waals surface area (Å²) in [7, 11) is 0. The van der Waals surface area contributed by atoms with E-state index < -0.39 is 0 Å². The molecule has 0 aromatic carbocycles. The molecule has 1 aliphatic rings. The van der Waals surface area contributed by atoms with Crippen LogP contribution in [0.5, 0.6) is 0 Å². The molecule has 1 heteroatoms.